The lowest BCUT2D eigenvalue weighted by molar-refractivity contribution is 0.682. The van der Waals surface area contributed by atoms with Gasteiger partial charge in [0.1, 0.15) is 0 Å². The van der Waals surface area contributed by atoms with Crippen LogP contribution in [0.15, 0.2) is 24.4 Å². The van der Waals surface area contributed by atoms with Crippen LogP contribution in [-0.2, 0) is 0 Å². The van der Waals surface area contributed by atoms with Crippen molar-refractivity contribution in [2.45, 2.75) is 27.7 Å². The third-order valence-electron chi connectivity index (χ3n) is 3.09. The van der Waals surface area contributed by atoms with Crippen LogP contribution in [0.1, 0.15) is 25.0 Å². The van der Waals surface area contributed by atoms with Crippen LogP contribution in [0.4, 0.5) is 17.5 Å². The molecule has 0 unspecified atom stereocenters. The van der Waals surface area contributed by atoms with Crippen molar-refractivity contribution in [2.24, 2.45) is 5.92 Å². The van der Waals surface area contributed by atoms with E-state index >= 15 is 0 Å². The molecule has 2 rings (SSSR count). The van der Waals surface area contributed by atoms with E-state index in [1.165, 1.54) is 11.1 Å². The van der Waals surface area contributed by atoms with Gasteiger partial charge in [-0.25, -0.2) is 0 Å². The number of nitrogens with one attached hydrogen (secondary N) is 2. The van der Waals surface area contributed by atoms with Crippen molar-refractivity contribution < 1.29 is 0 Å². The van der Waals surface area contributed by atoms with Crippen LogP contribution in [0.25, 0.3) is 0 Å². The SMILES string of the molecule is Cc1cccc(Nc2cnnc(NCC(C)C)n2)c1C. The van der Waals surface area contributed by atoms with E-state index in [-0.39, 0.29) is 0 Å². The molecule has 0 bridgehead atoms. The van der Waals surface area contributed by atoms with Gasteiger partial charge in [0.05, 0.1) is 6.20 Å². The van der Waals surface area contributed by atoms with Gasteiger partial charge in [0.2, 0.25) is 5.95 Å². The lowest BCUT2D eigenvalue weighted by Gasteiger charge is -2.11. The average molecular weight is 271 g/mol. The van der Waals surface area contributed by atoms with E-state index in [4.69, 9.17) is 0 Å². The lowest BCUT2D eigenvalue weighted by atomic mass is 10.1. The van der Waals surface area contributed by atoms with Crippen LogP contribution in [-0.4, -0.2) is 21.7 Å². The van der Waals surface area contributed by atoms with Crippen LogP contribution in [0.5, 0.6) is 0 Å². The second-order valence-electron chi connectivity index (χ2n) is 5.31. The molecular weight excluding hydrogens is 250 g/mol. The van der Waals surface area contributed by atoms with Crippen LogP contribution in [0.3, 0.4) is 0 Å². The van der Waals surface area contributed by atoms with Gasteiger partial charge in [-0.2, -0.15) is 10.1 Å². The summed E-state index contributed by atoms with van der Waals surface area (Å²) in [4.78, 5) is 4.41. The second-order valence-corrected chi connectivity index (χ2v) is 5.31. The third kappa shape index (κ3) is 3.66. The molecule has 0 saturated heterocycles. The molecule has 0 fully saturated rings. The second kappa shape index (κ2) is 6.32. The highest BCUT2D eigenvalue weighted by atomic mass is 15.3. The third-order valence-corrected chi connectivity index (χ3v) is 3.09. The van der Waals surface area contributed by atoms with Crippen molar-refractivity contribution in [3.63, 3.8) is 0 Å². The Morgan fingerprint density at radius 2 is 2.00 bits per heavy atom. The van der Waals surface area contributed by atoms with Gasteiger partial charge in [0, 0.05) is 12.2 Å². The Kier molecular flexibility index (Phi) is 4.50. The molecule has 0 amide bonds. The fourth-order valence-corrected chi connectivity index (χ4v) is 1.76. The highest BCUT2D eigenvalue weighted by Crippen LogP contribution is 2.21. The highest BCUT2D eigenvalue weighted by molar-refractivity contribution is 5.61. The Bertz CT molecular complexity index is 580. The van der Waals surface area contributed by atoms with Gasteiger partial charge >= 0.3 is 0 Å². The van der Waals surface area contributed by atoms with Crippen molar-refractivity contribution in [3.8, 4) is 0 Å². The van der Waals surface area contributed by atoms with Crippen molar-refractivity contribution >= 4 is 17.5 Å². The number of aromatic nitrogens is 3. The molecule has 1 heterocycles. The maximum Gasteiger partial charge on any atom is 0.244 e. The van der Waals surface area contributed by atoms with Crippen molar-refractivity contribution in [3.05, 3.63) is 35.5 Å². The van der Waals surface area contributed by atoms with E-state index in [0.29, 0.717) is 17.7 Å². The van der Waals surface area contributed by atoms with E-state index in [0.717, 1.165) is 12.2 Å². The van der Waals surface area contributed by atoms with E-state index in [1.807, 2.05) is 12.1 Å². The largest absolute Gasteiger partial charge is 0.353 e. The molecular formula is C15H21N5. The molecule has 2 N–H and O–H groups in total. The molecule has 1 aromatic carbocycles. The number of hydrogen-bond acceptors (Lipinski definition) is 5. The Morgan fingerprint density at radius 1 is 1.20 bits per heavy atom. The normalized spacial score (nSPS) is 10.7. The molecule has 1 aromatic heterocycles. The number of aryl methyl sites for hydroxylation is 1. The number of nitrogens with zero attached hydrogens (tertiary/aromatic N) is 3. The maximum atomic E-state index is 4.41. The first kappa shape index (κ1) is 14.2. The zero-order chi connectivity index (χ0) is 14.5. The first-order valence-corrected chi connectivity index (χ1v) is 6.83. The molecule has 5 nitrogen and oxygen atoms in total. The van der Waals surface area contributed by atoms with Crippen LogP contribution >= 0.6 is 0 Å². The van der Waals surface area contributed by atoms with Crippen LogP contribution < -0.4 is 10.6 Å². The molecule has 0 aliphatic heterocycles. The van der Waals surface area contributed by atoms with Crippen molar-refractivity contribution in [2.75, 3.05) is 17.2 Å². The van der Waals surface area contributed by atoms with Gasteiger partial charge < -0.3 is 10.6 Å². The molecule has 0 aliphatic rings. The first-order valence-electron chi connectivity index (χ1n) is 6.83. The van der Waals surface area contributed by atoms with Gasteiger partial charge in [0.25, 0.3) is 0 Å². The molecule has 5 heteroatoms. The summed E-state index contributed by atoms with van der Waals surface area (Å²) < 4.78 is 0. The monoisotopic (exact) mass is 271 g/mol. The van der Waals surface area contributed by atoms with E-state index in [1.54, 1.807) is 6.20 Å². The summed E-state index contributed by atoms with van der Waals surface area (Å²) in [6, 6.07) is 6.15. The van der Waals surface area contributed by atoms with Gasteiger partial charge in [-0.05, 0) is 37.0 Å². The summed E-state index contributed by atoms with van der Waals surface area (Å²) in [7, 11) is 0. The predicted octanol–water partition coefficient (Wildman–Crippen LogP) is 3.30. The van der Waals surface area contributed by atoms with Gasteiger partial charge in [0.15, 0.2) is 5.82 Å². The summed E-state index contributed by atoms with van der Waals surface area (Å²) in [6.07, 6.45) is 1.63. The summed E-state index contributed by atoms with van der Waals surface area (Å²) in [6.45, 7) is 9.28. The van der Waals surface area contributed by atoms with Gasteiger partial charge in [-0.3, -0.25) is 0 Å². The summed E-state index contributed by atoms with van der Waals surface area (Å²) in [5, 5.41) is 14.4. The van der Waals surface area contributed by atoms with E-state index in [9.17, 15) is 0 Å². The molecule has 2 aromatic rings. The summed E-state index contributed by atoms with van der Waals surface area (Å²) >= 11 is 0. The minimum absolute atomic E-state index is 0.536. The fraction of sp³-hybridized carbons (Fsp3) is 0.400. The molecule has 0 atom stereocenters. The Labute approximate surface area is 119 Å². The summed E-state index contributed by atoms with van der Waals surface area (Å²) in [5.74, 6) is 1.78. The Hall–Kier alpha value is -2.17. The zero-order valence-corrected chi connectivity index (χ0v) is 12.4. The molecule has 20 heavy (non-hydrogen) atoms. The van der Waals surface area contributed by atoms with Crippen LogP contribution in [0.2, 0.25) is 0 Å². The quantitative estimate of drug-likeness (QED) is 0.873. The smallest absolute Gasteiger partial charge is 0.244 e. The number of benzene rings is 1. The van der Waals surface area contributed by atoms with Crippen LogP contribution in [0, 0.1) is 19.8 Å². The van der Waals surface area contributed by atoms with Gasteiger partial charge in [-0.15, -0.1) is 5.10 Å². The Morgan fingerprint density at radius 3 is 2.75 bits per heavy atom. The van der Waals surface area contributed by atoms with Crippen molar-refractivity contribution in [1.29, 1.82) is 0 Å². The molecule has 0 radical (unpaired) electrons. The molecule has 106 valence electrons. The van der Waals surface area contributed by atoms with Gasteiger partial charge in [-0.1, -0.05) is 26.0 Å². The van der Waals surface area contributed by atoms with E-state index in [2.05, 4.69) is 59.6 Å². The molecule has 0 saturated carbocycles. The Balaban J connectivity index is 2.13. The predicted molar refractivity (Wildman–Crippen MR) is 82.4 cm³/mol. The average Bonchev–Trinajstić information content (AvgIpc) is 2.42. The first-order chi connectivity index (χ1) is 9.56. The molecule has 0 aliphatic carbocycles. The topological polar surface area (TPSA) is 62.7 Å². The number of anilines is 3. The zero-order valence-electron chi connectivity index (χ0n) is 12.4. The lowest BCUT2D eigenvalue weighted by Crippen LogP contribution is -2.12. The minimum atomic E-state index is 0.536. The maximum absolute atomic E-state index is 4.41. The van der Waals surface area contributed by atoms with E-state index < -0.39 is 0 Å². The standard InChI is InChI=1S/C15H21N5/c1-10(2)8-16-15-19-14(9-17-20-15)18-13-7-5-6-11(3)12(13)4/h5-7,9-10H,8H2,1-4H3,(H2,16,18,19,20). The summed E-state index contributed by atoms with van der Waals surface area (Å²) in [5.41, 5.74) is 3.50. The highest BCUT2D eigenvalue weighted by Gasteiger charge is 2.04. The number of rotatable bonds is 5. The van der Waals surface area contributed by atoms with Crippen molar-refractivity contribution in [1.82, 2.24) is 15.2 Å². The fourth-order valence-electron chi connectivity index (χ4n) is 1.76. The minimum Gasteiger partial charge on any atom is -0.353 e. The number of hydrogen-bond donors (Lipinski definition) is 2. The molecule has 0 spiro atoms.